The zero-order chi connectivity index (χ0) is 20.1. The van der Waals surface area contributed by atoms with Crippen molar-refractivity contribution in [2.75, 3.05) is 7.05 Å². The summed E-state index contributed by atoms with van der Waals surface area (Å²) in [5, 5.41) is 1.31. The van der Waals surface area contributed by atoms with Gasteiger partial charge in [-0.3, -0.25) is 9.88 Å². The maximum absolute atomic E-state index is 12.7. The second-order valence-electron chi connectivity index (χ2n) is 7.87. The Morgan fingerprint density at radius 3 is 2.64 bits per heavy atom. The van der Waals surface area contributed by atoms with E-state index in [0.29, 0.717) is 12.5 Å². The van der Waals surface area contributed by atoms with Crippen molar-refractivity contribution < 1.29 is 13.2 Å². The largest absolute Gasteiger partial charge is 0.433 e. The Labute approximate surface area is 162 Å². The summed E-state index contributed by atoms with van der Waals surface area (Å²) >= 11 is 0. The highest BCUT2D eigenvalue weighted by Gasteiger charge is 2.32. The molecule has 0 amide bonds. The van der Waals surface area contributed by atoms with E-state index in [0.717, 1.165) is 31.1 Å². The van der Waals surface area contributed by atoms with Crippen LogP contribution in [0.3, 0.4) is 0 Å². The van der Waals surface area contributed by atoms with E-state index < -0.39 is 11.9 Å². The Kier molecular flexibility index (Phi) is 4.70. The van der Waals surface area contributed by atoms with E-state index in [1.54, 1.807) is 0 Å². The third-order valence-corrected chi connectivity index (χ3v) is 5.83. The average Bonchev–Trinajstić information content (AvgIpc) is 2.92. The fourth-order valence-electron chi connectivity index (χ4n) is 4.08. The first-order valence-corrected chi connectivity index (χ1v) is 9.57. The maximum Gasteiger partial charge on any atom is 0.433 e. The molecule has 0 N–H and O–H groups in total. The van der Waals surface area contributed by atoms with E-state index in [2.05, 4.69) is 53.5 Å². The summed E-state index contributed by atoms with van der Waals surface area (Å²) < 4.78 is 40.5. The van der Waals surface area contributed by atoms with Crippen molar-refractivity contribution in [3.05, 3.63) is 64.6 Å². The van der Waals surface area contributed by atoms with Crippen molar-refractivity contribution in [3.8, 4) is 0 Å². The molecule has 0 saturated carbocycles. The molecule has 148 valence electrons. The van der Waals surface area contributed by atoms with Crippen molar-refractivity contribution in [1.82, 2.24) is 14.5 Å². The molecule has 0 fully saturated rings. The number of benzene rings is 1. The fraction of sp³-hybridized carbons (Fsp3) is 0.409. The van der Waals surface area contributed by atoms with Gasteiger partial charge in [-0.1, -0.05) is 17.7 Å². The molecule has 2 aromatic heterocycles. The standard InChI is InChI=1S/C22H24F3N3/c1-14-4-6-19-17(10-14)18-11-15(2)27(3)13-20(18)28(19)9-8-16-5-7-21(26-12-16)22(23,24)25/h4-7,10,12,15H,8-9,11,13H2,1-3H3. The van der Waals surface area contributed by atoms with Gasteiger partial charge in [0.05, 0.1) is 0 Å². The van der Waals surface area contributed by atoms with E-state index in [9.17, 15) is 13.2 Å². The van der Waals surface area contributed by atoms with Crippen molar-refractivity contribution in [2.45, 2.75) is 52.0 Å². The molecule has 3 heterocycles. The predicted octanol–water partition coefficient (Wildman–Crippen LogP) is 4.98. The molecule has 0 spiro atoms. The predicted molar refractivity (Wildman–Crippen MR) is 104 cm³/mol. The van der Waals surface area contributed by atoms with Crippen LogP contribution in [0, 0.1) is 6.92 Å². The molecule has 3 aromatic rings. The Balaban J connectivity index is 1.66. The highest BCUT2D eigenvalue weighted by atomic mass is 19.4. The smallest absolute Gasteiger partial charge is 0.343 e. The minimum Gasteiger partial charge on any atom is -0.343 e. The van der Waals surface area contributed by atoms with Crippen LogP contribution in [0.5, 0.6) is 0 Å². The summed E-state index contributed by atoms with van der Waals surface area (Å²) in [7, 11) is 2.14. The molecule has 6 heteroatoms. The van der Waals surface area contributed by atoms with Crippen LogP contribution in [0.15, 0.2) is 36.5 Å². The molecular weight excluding hydrogens is 363 g/mol. The lowest BCUT2D eigenvalue weighted by atomic mass is 9.97. The first-order valence-electron chi connectivity index (χ1n) is 9.57. The van der Waals surface area contributed by atoms with Gasteiger partial charge in [0.15, 0.2) is 0 Å². The van der Waals surface area contributed by atoms with Gasteiger partial charge in [0.2, 0.25) is 0 Å². The summed E-state index contributed by atoms with van der Waals surface area (Å²) in [6.45, 7) is 5.96. The summed E-state index contributed by atoms with van der Waals surface area (Å²) in [6, 6.07) is 9.63. The normalized spacial score (nSPS) is 17.9. The number of aryl methyl sites for hydroxylation is 3. The van der Waals surface area contributed by atoms with Crippen LogP contribution in [0.25, 0.3) is 10.9 Å². The Hall–Kier alpha value is -2.34. The molecule has 0 saturated heterocycles. The third kappa shape index (κ3) is 3.41. The topological polar surface area (TPSA) is 21.1 Å². The first-order chi connectivity index (χ1) is 13.2. The van der Waals surface area contributed by atoms with E-state index in [1.807, 2.05) is 0 Å². The highest BCUT2D eigenvalue weighted by molar-refractivity contribution is 5.86. The number of rotatable bonds is 3. The van der Waals surface area contributed by atoms with E-state index in [4.69, 9.17) is 0 Å². The molecule has 0 bridgehead atoms. The van der Waals surface area contributed by atoms with Gasteiger partial charge in [0, 0.05) is 41.9 Å². The van der Waals surface area contributed by atoms with Gasteiger partial charge in [-0.25, -0.2) is 0 Å². The van der Waals surface area contributed by atoms with Crippen molar-refractivity contribution >= 4 is 10.9 Å². The number of hydrogen-bond donors (Lipinski definition) is 0. The van der Waals surface area contributed by atoms with Gasteiger partial charge in [-0.2, -0.15) is 13.2 Å². The minimum atomic E-state index is -4.40. The molecule has 0 aliphatic carbocycles. The van der Waals surface area contributed by atoms with Gasteiger partial charge < -0.3 is 4.57 Å². The molecule has 1 aliphatic heterocycles. The molecule has 28 heavy (non-hydrogen) atoms. The van der Waals surface area contributed by atoms with Gasteiger partial charge in [0.1, 0.15) is 5.69 Å². The van der Waals surface area contributed by atoms with Crippen molar-refractivity contribution in [2.24, 2.45) is 0 Å². The summed E-state index contributed by atoms with van der Waals surface area (Å²) in [5.41, 5.74) is 5.15. The lowest BCUT2D eigenvalue weighted by Crippen LogP contribution is -2.35. The average molecular weight is 387 g/mol. The van der Waals surface area contributed by atoms with E-state index in [-0.39, 0.29) is 0 Å². The molecule has 1 atom stereocenters. The first kappa shape index (κ1) is 19.0. The molecule has 0 radical (unpaired) electrons. The molecule has 1 unspecified atom stereocenters. The van der Waals surface area contributed by atoms with Crippen molar-refractivity contribution in [1.29, 1.82) is 0 Å². The van der Waals surface area contributed by atoms with Gasteiger partial charge in [-0.05, 0) is 63.1 Å². The number of nitrogens with zero attached hydrogens (tertiary/aromatic N) is 3. The number of aromatic nitrogens is 2. The molecule has 3 nitrogen and oxygen atoms in total. The van der Waals surface area contributed by atoms with Crippen LogP contribution in [-0.4, -0.2) is 27.5 Å². The number of hydrogen-bond acceptors (Lipinski definition) is 2. The number of halogens is 3. The van der Waals surface area contributed by atoms with E-state index in [1.165, 1.54) is 40.0 Å². The van der Waals surface area contributed by atoms with Crippen LogP contribution in [-0.2, 0) is 32.1 Å². The van der Waals surface area contributed by atoms with Crippen molar-refractivity contribution in [3.63, 3.8) is 0 Å². The quantitative estimate of drug-likeness (QED) is 0.632. The summed E-state index contributed by atoms with van der Waals surface area (Å²) in [4.78, 5) is 5.94. The van der Waals surface area contributed by atoms with Crippen LogP contribution in [0.1, 0.15) is 35.0 Å². The number of likely N-dealkylation sites (N-methyl/N-ethyl adjacent to an activating group) is 1. The second kappa shape index (κ2) is 6.92. The Morgan fingerprint density at radius 2 is 1.96 bits per heavy atom. The number of fused-ring (bicyclic) bond motifs is 3. The maximum atomic E-state index is 12.7. The fourth-order valence-corrected chi connectivity index (χ4v) is 4.08. The molecule has 4 rings (SSSR count). The number of alkyl halides is 3. The molecule has 1 aromatic carbocycles. The monoisotopic (exact) mass is 387 g/mol. The molecular formula is C22H24F3N3. The lowest BCUT2D eigenvalue weighted by Gasteiger charge is -2.31. The number of pyridine rings is 1. The lowest BCUT2D eigenvalue weighted by molar-refractivity contribution is -0.141. The van der Waals surface area contributed by atoms with Gasteiger partial charge >= 0.3 is 6.18 Å². The van der Waals surface area contributed by atoms with Crippen LogP contribution < -0.4 is 0 Å². The summed E-state index contributed by atoms with van der Waals surface area (Å²) in [5.74, 6) is 0. The van der Waals surface area contributed by atoms with Gasteiger partial charge in [-0.15, -0.1) is 0 Å². The zero-order valence-electron chi connectivity index (χ0n) is 16.3. The van der Waals surface area contributed by atoms with Crippen LogP contribution in [0.4, 0.5) is 13.2 Å². The Bertz CT molecular complexity index is 1000. The van der Waals surface area contributed by atoms with E-state index >= 15 is 0 Å². The minimum absolute atomic E-state index is 0.492. The Morgan fingerprint density at radius 1 is 1.18 bits per heavy atom. The highest BCUT2D eigenvalue weighted by Crippen LogP contribution is 2.33. The third-order valence-electron chi connectivity index (χ3n) is 5.83. The SMILES string of the molecule is Cc1ccc2c(c1)c1c(n2CCc2ccc(C(F)(F)F)nc2)CN(C)C(C)C1. The van der Waals surface area contributed by atoms with Gasteiger partial charge in [0.25, 0.3) is 0 Å². The molecule has 1 aliphatic rings. The van der Waals surface area contributed by atoms with Crippen LogP contribution >= 0.6 is 0 Å². The summed E-state index contributed by atoms with van der Waals surface area (Å²) in [6.07, 6.45) is -1.39. The zero-order valence-corrected chi connectivity index (χ0v) is 16.3. The van der Waals surface area contributed by atoms with Crippen LogP contribution in [0.2, 0.25) is 0 Å². The second-order valence-corrected chi connectivity index (χ2v) is 7.87.